The maximum absolute atomic E-state index is 16.1. The monoisotopic (exact) mass is 660 g/mol. The van der Waals surface area contributed by atoms with Gasteiger partial charge in [-0.15, -0.1) is 0 Å². The van der Waals surface area contributed by atoms with Gasteiger partial charge in [-0.05, 0) is 86.0 Å². The Hall–Kier alpha value is -3.54. The predicted molar refractivity (Wildman–Crippen MR) is 164 cm³/mol. The van der Waals surface area contributed by atoms with E-state index in [1.54, 1.807) is 117 Å². The Balaban J connectivity index is 0.000000635. The molecule has 7 rings (SSSR count). The standard InChI is InChI=1S/C34H20F5O.C5H5.Fe/c35-28-27(29(36)31(38)32(39)30(28)37)34(23-18-10-11-19-23)25(21-14-6-2-7-15-21)24(20-12-4-1-5-13-20)33(40)26(34)22-16-8-3-9-17-22;1-2-4-5-3-1;/h1-19,26H;1-5H;/q;;+2/t26-,34+;;/m0../s1. The van der Waals surface area contributed by atoms with Gasteiger partial charge in [-0.3, -0.25) is 4.79 Å². The summed E-state index contributed by atoms with van der Waals surface area (Å²) in [5.41, 5.74) is -1.63. The number of carbonyl (C=O) groups is 1. The summed E-state index contributed by atoms with van der Waals surface area (Å²) in [5.74, 6) is -12.0. The summed E-state index contributed by atoms with van der Waals surface area (Å²) < 4.78 is 76.5. The summed E-state index contributed by atoms with van der Waals surface area (Å²) in [6, 6.07) is 25.3. The van der Waals surface area contributed by atoms with Crippen molar-refractivity contribution in [2.24, 2.45) is 0 Å². The molecule has 4 aromatic rings. The molecule has 2 fully saturated rings. The van der Waals surface area contributed by atoms with Crippen LogP contribution in [-0.2, 0) is 27.3 Å². The Morgan fingerprint density at radius 2 is 0.913 bits per heavy atom. The van der Waals surface area contributed by atoms with Crippen LogP contribution < -0.4 is 0 Å². The number of allylic oxidation sites excluding steroid dienone is 2. The zero-order valence-electron chi connectivity index (χ0n) is 24.1. The zero-order chi connectivity index (χ0) is 31.6. The maximum atomic E-state index is 16.1. The summed E-state index contributed by atoms with van der Waals surface area (Å²) in [6.07, 6.45) is 16.3. The number of carbonyl (C=O) groups excluding carboxylic acids is 1. The van der Waals surface area contributed by atoms with E-state index < -0.39 is 51.8 Å². The molecule has 2 atom stereocenters. The van der Waals surface area contributed by atoms with E-state index in [1.165, 1.54) is 0 Å². The van der Waals surface area contributed by atoms with Crippen LogP contribution in [0.1, 0.15) is 28.2 Å². The minimum Gasteiger partial charge on any atom is -0.293 e. The van der Waals surface area contributed by atoms with Crippen LogP contribution in [0.4, 0.5) is 22.0 Å². The molecule has 0 spiro atoms. The molecule has 0 aliphatic heterocycles. The molecule has 0 N–H and O–H groups in total. The van der Waals surface area contributed by atoms with Gasteiger partial charge in [-0.2, -0.15) is 0 Å². The van der Waals surface area contributed by atoms with E-state index in [2.05, 4.69) is 0 Å². The van der Waals surface area contributed by atoms with Crippen molar-refractivity contribution < 1.29 is 43.8 Å². The maximum Gasteiger partial charge on any atom is 2.00 e. The van der Waals surface area contributed by atoms with Crippen molar-refractivity contribution >= 4 is 16.9 Å². The predicted octanol–water partition coefficient (Wildman–Crippen LogP) is 9.02. The van der Waals surface area contributed by atoms with Crippen molar-refractivity contribution in [2.75, 3.05) is 0 Å². The Bertz CT molecular complexity index is 1660. The summed E-state index contributed by atoms with van der Waals surface area (Å²) in [7, 11) is 0. The minimum absolute atomic E-state index is 0. The number of hydrogen-bond donors (Lipinski definition) is 0. The largest absolute Gasteiger partial charge is 2.00 e. The van der Waals surface area contributed by atoms with E-state index in [9.17, 15) is 9.18 Å². The molecule has 10 radical (unpaired) electrons. The van der Waals surface area contributed by atoms with Crippen LogP contribution in [0, 0.1) is 92.8 Å². The number of ketones is 1. The minimum atomic E-state index is -2.26. The van der Waals surface area contributed by atoms with Crippen LogP contribution >= 0.6 is 0 Å². The smallest absolute Gasteiger partial charge is 0.293 e. The number of halogens is 5. The number of rotatable bonds is 5. The van der Waals surface area contributed by atoms with Crippen molar-refractivity contribution in [1.82, 2.24) is 0 Å². The molecule has 4 aromatic carbocycles. The molecule has 0 amide bonds. The molecular weight excluding hydrogens is 635 g/mol. The topological polar surface area (TPSA) is 17.1 Å². The van der Waals surface area contributed by atoms with E-state index in [-0.39, 0.29) is 34.1 Å². The van der Waals surface area contributed by atoms with E-state index in [0.717, 1.165) is 0 Å². The van der Waals surface area contributed by atoms with Gasteiger partial charge in [0.05, 0.1) is 5.92 Å². The number of Topliss-reactive ketones (excluding diaryl/α,β-unsaturated/α-hetero) is 1. The van der Waals surface area contributed by atoms with E-state index in [1.807, 2.05) is 32.1 Å². The first-order valence-electron chi connectivity index (χ1n) is 14.2. The van der Waals surface area contributed by atoms with Gasteiger partial charge in [0.15, 0.2) is 29.1 Å². The molecule has 3 aliphatic carbocycles. The zero-order valence-corrected chi connectivity index (χ0v) is 25.2. The molecule has 7 heteroatoms. The molecule has 46 heavy (non-hydrogen) atoms. The molecule has 0 heterocycles. The van der Waals surface area contributed by atoms with Gasteiger partial charge in [0, 0.05) is 16.6 Å². The van der Waals surface area contributed by atoms with Gasteiger partial charge < -0.3 is 0 Å². The Labute approximate surface area is 277 Å². The number of hydrogen-bond acceptors (Lipinski definition) is 1. The summed E-state index contributed by atoms with van der Waals surface area (Å²) in [6.45, 7) is 0. The SMILES string of the molecule is O=C1C(c2ccccc2)=C(c2ccccc2)[C@@]([C]2[CH][CH][CH][CH]2)(c2c(F)c(F)c(F)c(F)c2F)[C@H]1c1ccccc1.[CH]1[CH][CH][CH][CH]1.[Fe+2]. The van der Waals surface area contributed by atoms with Gasteiger partial charge in [-0.1, -0.05) is 91.0 Å². The third-order valence-electron chi connectivity index (χ3n) is 8.12. The van der Waals surface area contributed by atoms with Gasteiger partial charge in [0.1, 0.15) is 0 Å². The molecular formula is C39H25F5FeO+2. The van der Waals surface area contributed by atoms with Crippen molar-refractivity contribution in [3.8, 4) is 0 Å². The fourth-order valence-corrected chi connectivity index (χ4v) is 6.35. The van der Waals surface area contributed by atoms with Crippen LogP contribution in [0.25, 0.3) is 11.1 Å². The summed E-state index contributed by atoms with van der Waals surface area (Å²) >= 11 is 0. The van der Waals surface area contributed by atoms with E-state index >= 15 is 17.6 Å². The third kappa shape index (κ3) is 5.77. The first-order chi connectivity index (χ1) is 21.9. The second-order valence-corrected chi connectivity index (χ2v) is 10.6. The Kier molecular flexibility index (Phi) is 10.6. The molecule has 228 valence electrons. The van der Waals surface area contributed by atoms with Gasteiger partial charge in [-0.25, -0.2) is 22.0 Å². The fraction of sp³-hybridized carbons (Fsp3) is 0.0513. The molecule has 0 bridgehead atoms. The van der Waals surface area contributed by atoms with Crippen molar-refractivity contribution in [3.63, 3.8) is 0 Å². The third-order valence-corrected chi connectivity index (χ3v) is 8.12. The average molecular weight is 660 g/mol. The Morgan fingerprint density at radius 3 is 1.39 bits per heavy atom. The van der Waals surface area contributed by atoms with Crippen LogP contribution in [-0.4, -0.2) is 5.78 Å². The van der Waals surface area contributed by atoms with Crippen molar-refractivity contribution in [3.05, 3.63) is 206 Å². The van der Waals surface area contributed by atoms with Crippen LogP contribution in [0.2, 0.25) is 0 Å². The molecule has 0 aromatic heterocycles. The average Bonchev–Trinajstić information content (AvgIpc) is 3.88. The first kappa shape index (κ1) is 33.8. The van der Waals surface area contributed by atoms with E-state index in [0.29, 0.717) is 16.7 Å². The fourth-order valence-electron chi connectivity index (χ4n) is 6.35. The molecule has 2 saturated carbocycles. The molecule has 0 unspecified atom stereocenters. The van der Waals surface area contributed by atoms with Crippen molar-refractivity contribution in [1.29, 1.82) is 0 Å². The van der Waals surface area contributed by atoms with Crippen LogP contribution in [0.5, 0.6) is 0 Å². The quantitative estimate of drug-likeness (QED) is 0.0904. The molecule has 0 saturated heterocycles. The normalized spacial score (nSPS) is 21.2. The van der Waals surface area contributed by atoms with Gasteiger partial charge in [0.2, 0.25) is 5.82 Å². The van der Waals surface area contributed by atoms with Crippen LogP contribution in [0.3, 0.4) is 0 Å². The second-order valence-electron chi connectivity index (χ2n) is 10.6. The second kappa shape index (κ2) is 14.5. The van der Waals surface area contributed by atoms with Gasteiger partial charge in [0.25, 0.3) is 0 Å². The summed E-state index contributed by atoms with van der Waals surface area (Å²) in [4.78, 5) is 14.7. The molecule has 3 aliphatic rings. The Morgan fingerprint density at radius 1 is 0.500 bits per heavy atom. The molecule has 1 nitrogen and oxygen atoms in total. The summed E-state index contributed by atoms with van der Waals surface area (Å²) in [5, 5.41) is 0. The number of benzene rings is 4. The van der Waals surface area contributed by atoms with E-state index in [4.69, 9.17) is 0 Å². The van der Waals surface area contributed by atoms with Gasteiger partial charge >= 0.3 is 17.1 Å². The van der Waals surface area contributed by atoms with Crippen LogP contribution in [0.15, 0.2) is 91.0 Å². The first-order valence-corrected chi connectivity index (χ1v) is 14.2. The van der Waals surface area contributed by atoms with Crippen molar-refractivity contribution in [2.45, 2.75) is 11.3 Å².